The van der Waals surface area contributed by atoms with Crippen LogP contribution in [0.25, 0.3) is 0 Å². The van der Waals surface area contributed by atoms with E-state index in [0.717, 1.165) is 30.1 Å². The molecule has 1 heterocycles. The van der Waals surface area contributed by atoms with Crippen molar-refractivity contribution in [1.82, 2.24) is 15.3 Å². The van der Waals surface area contributed by atoms with Crippen LogP contribution >= 0.6 is 0 Å². The minimum atomic E-state index is 0.372. The van der Waals surface area contributed by atoms with Crippen LogP contribution in [0, 0.1) is 12.8 Å². The Morgan fingerprint density at radius 1 is 1.38 bits per heavy atom. The predicted octanol–water partition coefficient (Wildman–Crippen LogP) is 3.42. The van der Waals surface area contributed by atoms with Crippen molar-refractivity contribution in [2.45, 2.75) is 27.3 Å². The van der Waals surface area contributed by atoms with Gasteiger partial charge in [-0.1, -0.05) is 38.6 Å². The summed E-state index contributed by atoms with van der Waals surface area (Å²) < 4.78 is 0. The molecule has 5 nitrogen and oxygen atoms in total. The minimum absolute atomic E-state index is 0.372. The highest BCUT2D eigenvalue weighted by Gasteiger charge is 2.07. The number of nitrogen functional groups attached to an aromatic ring is 1. The van der Waals surface area contributed by atoms with Crippen molar-refractivity contribution in [1.29, 1.82) is 0 Å². The first-order chi connectivity index (χ1) is 11.5. The summed E-state index contributed by atoms with van der Waals surface area (Å²) in [6.45, 7) is 12.0. The zero-order valence-corrected chi connectivity index (χ0v) is 14.6. The molecule has 0 aliphatic rings. The van der Waals surface area contributed by atoms with E-state index in [1.54, 1.807) is 6.08 Å². The number of anilines is 1. The Balaban J connectivity index is 2.27. The van der Waals surface area contributed by atoms with Gasteiger partial charge in [-0.15, -0.1) is 0 Å². The summed E-state index contributed by atoms with van der Waals surface area (Å²) in [6, 6.07) is 8.26. The SMILES string of the molecule is C=CC(=Nc1c(C)ncnc1N)c1cccc(CNCC(C)C)c1. The first-order valence-corrected chi connectivity index (χ1v) is 8.09. The summed E-state index contributed by atoms with van der Waals surface area (Å²) in [5, 5.41) is 3.45. The maximum Gasteiger partial charge on any atom is 0.153 e. The Morgan fingerprint density at radius 3 is 2.83 bits per heavy atom. The number of nitrogens with one attached hydrogen (secondary N) is 1. The Bertz CT molecular complexity index is 714. The van der Waals surface area contributed by atoms with Crippen LogP contribution in [0.15, 0.2) is 48.2 Å². The van der Waals surface area contributed by atoms with Gasteiger partial charge in [-0.2, -0.15) is 0 Å². The van der Waals surface area contributed by atoms with Gasteiger partial charge in [0, 0.05) is 12.1 Å². The molecule has 0 aliphatic heterocycles. The van der Waals surface area contributed by atoms with Crippen molar-refractivity contribution < 1.29 is 0 Å². The standard InChI is InChI=1S/C19H25N5/c1-5-17(24-18-14(4)22-12-23-19(18)20)16-8-6-7-15(9-16)11-21-10-13(2)3/h5-9,12-13,21H,1,10-11H2,2-4H3,(H2,20,22,23). The first-order valence-electron chi connectivity index (χ1n) is 8.09. The molecule has 0 bridgehead atoms. The fourth-order valence-corrected chi connectivity index (χ4v) is 2.32. The number of allylic oxidation sites excluding steroid dienone is 1. The third-order valence-corrected chi connectivity index (χ3v) is 3.56. The normalized spacial score (nSPS) is 11.8. The number of aryl methyl sites for hydroxylation is 1. The van der Waals surface area contributed by atoms with Crippen LogP contribution in [0.4, 0.5) is 11.5 Å². The van der Waals surface area contributed by atoms with E-state index in [9.17, 15) is 0 Å². The molecular formula is C19H25N5. The molecule has 1 aromatic heterocycles. The number of aromatic nitrogens is 2. The summed E-state index contributed by atoms with van der Waals surface area (Å²) in [7, 11) is 0. The molecule has 0 atom stereocenters. The molecule has 0 spiro atoms. The molecule has 3 N–H and O–H groups in total. The molecule has 0 radical (unpaired) electrons. The lowest BCUT2D eigenvalue weighted by Crippen LogP contribution is -2.19. The molecule has 2 rings (SSSR count). The molecule has 2 aromatic rings. The monoisotopic (exact) mass is 323 g/mol. The topological polar surface area (TPSA) is 76.2 Å². The van der Waals surface area contributed by atoms with Crippen LogP contribution < -0.4 is 11.1 Å². The van der Waals surface area contributed by atoms with Gasteiger partial charge in [-0.3, -0.25) is 0 Å². The van der Waals surface area contributed by atoms with Gasteiger partial charge in [0.2, 0.25) is 0 Å². The Hall–Kier alpha value is -2.53. The number of nitrogens with zero attached hydrogens (tertiary/aromatic N) is 3. The van der Waals surface area contributed by atoms with Gasteiger partial charge in [-0.25, -0.2) is 15.0 Å². The summed E-state index contributed by atoms with van der Waals surface area (Å²) in [4.78, 5) is 12.8. The van der Waals surface area contributed by atoms with Crippen molar-refractivity contribution in [3.05, 3.63) is 60.1 Å². The Kier molecular flexibility index (Phi) is 6.21. The molecule has 0 saturated heterocycles. The lowest BCUT2D eigenvalue weighted by molar-refractivity contribution is 0.552. The second-order valence-electron chi connectivity index (χ2n) is 6.12. The maximum absolute atomic E-state index is 5.92. The van der Waals surface area contributed by atoms with Crippen LogP contribution in [-0.2, 0) is 6.54 Å². The molecule has 0 saturated carbocycles. The zero-order valence-electron chi connectivity index (χ0n) is 14.6. The quantitative estimate of drug-likeness (QED) is 0.766. The van der Waals surface area contributed by atoms with Crippen LogP contribution in [0.2, 0.25) is 0 Å². The molecule has 24 heavy (non-hydrogen) atoms. The van der Waals surface area contributed by atoms with Crippen molar-refractivity contribution in [3.8, 4) is 0 Å². The van der Waals surface area contributed by atoms with E-state index in [1.165, 1.54) is 11.9 Å². The number of hydrogen-bond donors (Lipinski definition) is 2. The van der Waals surface area contributed by atoms with Crippen LogP contribution in [-0.4, -0.2) is 22.2 Å². The molecule has 1 aromatic carbocycles. The molecule has 126 valence electrons. The molecular weight excluding hydrogens is 298 g/mol. The highest BCUT2D eigenvalue weighted by molar-refractivity contribution is 6.10. The largest absolute Gasteiger partial charge is 0.382 e. The maximum atomic E-state index is 5.92. The van der Waals surface area contributed by atoms with Gasteiger partial charge in [0.05, 0.1) is 11.4 Å². The van der Waals surface area contributed by atoms with Gasteiger partial charge >= 0.3 is 0 Å². The first kappa shape index (κ1) is 17.8. The van der Waals surface area contributed by atoms with Crippen molar-refractivity contribution in [2.75, 3.05) is 12.3 Å². The van der Waals surface area contributed by atoms with Crippen LogP contribution in [0.1, 0.15) is 30.7 Å². The smallest absolute Gasteiger partial charge is 0.153 e. The van der Waals surface area contributed by atoms with Gasteiger partial charge in [-0.05, 0) is 37.1 Å². The highest BCUT2D eigenvalue weighted by atomic mass is 15.0. The average molecular weight is 323 g/mol. The fourth-order valence-electron chi connectivity index (χ4n) is 2.32. The van der Waals surface area contributed by atoms with Gasteiger partial charge in [0.1, 0.15) is 12.0 Å². The van der Waals surface area contributed by atoms with Crippen molar-refractivity contribution in [3.63, 3.8) is 0 Å². The lowest BCUT2D eigenvalue weighted by Gasteiger charge is -2.10. The molecule has 0 unspecified atom stereocenters. The van der Waals surface area contributed by atoms with E-state index in [-0.39, 0.29) is 0 Å². The van der Waals surface area contributed by atoms with Crippen LogP contribution in [0.3, 0.4) is 0 Å². The Labute approximate surface area is 143 Å². The van der Waals surface area contributed by atoms with E-state index in [0.29, 0.717) is 17.4 Å². The third-order valence-electron chi connectivity index (χ3n) is 3.56. The highest BCUT2D eigenvalue weighted by Crippen LogP contribution is 2.23. The average Bonchev–Trinajstić information content (AvgIpc) is 2.55. The summed E-state index contributed by atoms with van der Waals surface area (Å²) in [6.07, 6.45) is 3.17. The van der Waals surface area contributed by atoms with E-state index in [1.807, 2.05) is 19.1 Å². The van der Waals surface area contributed by atoms with E-state index in [2.05, 4.69) is 52.8 Å². The number of aliphatic imine (C=N–C) groups is 1. The second kappa shape index (κ2) is 8.36. The summed E-state index contributed by atoms with van der Waals surface area (Å²) in [5.74, 6) is 0.999. The van der Waals surface area contributed by atoms with Gasteiger partial charge < -0.3 is 11.1 Å². The molecule has 5 heteroatoms. The van der Waals surface area contributed by atoms with Gasteiger partial charge in [0.25, 0.3) is 0 Å². The number of hydrogen-bond acceptors (Lipinski definition) is 5. The van der Waals surface area contributed by atoms with Crippen molar-refractivity contribution >= 4 is 17.2 Å². The van der Waals surface area contributed by atoms with E-state index >= 15 is 0 Å². The zero-order chi connectivity index (χ0) is 17.5. The van der Waals surface area contributed by atoms with Crippen molar-refractivity contribution in [2.24, 2.45) is 10.9 Å². The number of rotatable bonds is 7. The second-order valence-corrected chi connectivity index (χ2v) is 6.12. The number of nitrogens with two attached hydrogens (primary N) is 1. The van der Waals surface area contributed by atoms with Crippen LogP contribution in [0.5, 0.6) is 0 Å². The predicted molar refractivity (Wildman–Crippen MR) is 101 cm³/mol. The molecule has 0 aliphatic carbocycles. The third kappa shape index (κ3) is 4.73. The van der Waals surface area contributed by atoms with Gasteiger partial charge in [0.15, 0.2) is 5.82 Å². The summed E-state index contributed by atoms with van der Waals surface area (Å²) >= 11 is 0. The van der Waals surface area contributed by atoms with E-state index < -0.39 is 0 Å². The Morgan fingerprint density at radius 2 is 2.17 bits per heavy atom. The number of benzene rings is 1. The minimum Gasteiger partial charge on any atom is -0.382 e. The molecule has 0 fully saturated rings. The fraction of sp³-hybridized carbons (Fsp3) is 0.316. The summed E-state index contributed by atoms with van der Waals surface area (Å²) in [5.41, 5.74) is 10.2. The lowest BCUT2D eigenvalue weighted by atomic mass is 10.1. The molecule has 0 amide bonds. The van der Waals surface area contributed by atoms with E-state index in [4.69, 9.17) is 5.73 Å².